The summed E-state index contributed by atoms with van der Waals surface area (Å²) in [4.78, 5) is 24.0. The Morgan fingerprint density at radius 1 is 1.03 bits per heavy atom. The molecular weight excluding hydrogens is 448 g/mol. The van der Waals surface area contributed by atoms with Gasteiger partial charge in [0.1, 0.15) is 5.60 Å². The standard InChI is InChI=1S/C19H26F4O7S/c1-2-3-4-17(13-6-11-5-12(8-13)9-14(17)7-11)30-15(24)10-29-16(25)18(20,19(21,22)23)31(26,27)28/h11-14H,2-10H2,1H3,(H,26,27,28). The maximum atomic E-state index is 14.0. The number of halogens is 4. The first-order valence-corrected chi connectivity index (χ1v) is 11.8. The molecule has 7 nitrogen and oxygen atoms in total. The second-order valence-electron chi connectivity index (χ2n) is 8.98. The molecule has 0 spiro atoms. The smallest absolute Gasteiger partial charge is 0.451 e. The van der Waals surface area contributed by atoms with Crippen molar-refractivity contribution in [2.45, 2.75) is 75.1 Å². The Morgan fingerprint density at radius 3 is 1.97 bits per heavy atom. The molecule has 0 heterocycles. The largest absolute Gasteiger partial charge is 0.456 e. The fourth-order valence-electron chi connectivity index (χ4n) is 5.89. The van der Waals surface area contributed by atoms with E-state index in [0.29, 0.717) is 18.3 Å². The van der Waals surface area contributed by atoms with E-state index in [-0.39, 0.29) is 11.8 Å². The molecule has 0 radical (unpaired) electrons. The summed E-state index contributed by atoms with van der Waals surface area (Å²) in [5.74, 6) is -2.79. The highest BCUT2D eigenvalue weighted by Gasteiger charge is 2.73. The van der Waals surface area contributed by atoms with Crippen LogP contribution in [0.25, 0.3) is 0 Å². The van der Waals surface area contributed by atoms with Crippen molar-refractivity contribution >= 4 is 22.1 Å². The van der Waals surface area contributed by atoms with Crippen molar-refractivity contribution < 1.29 is 49.6 Å². The summed E-state index contributed by atoms with van der Waals surface area (Å²) >= 11 is 0. The van der Waals surface area contributed by atoms with Crippen LogP contribution in [0.3, 0.4) is 0 Å². The van der Waals surface area contributed by atoms with Crippen LogP contribution in [0.5, 0.6) is 0 Å². The molecule has 12 heteroatoms. The molecule has 0 aliphatic heterocycles. The minimum absolute atomic E-state index is 0.100. The Balaban J connectivity index is 1.72. The van der Waals surface area contributed by atoms with E-state index in [1.54, 1.807) is 0 Å². The predicted molar refractivity (Wildman–Crippen MR) is 97.8 cm³/mol. The van der Waals surface area contributed by atoms with Crippen molar-refractivity contribution in [3.8, 4) is 0 Å². The fraction of sp³-hybridized carbons (Fsp3) is 0.895. The zero-order valence-corrected chi connectivity index (χ0v) is 17.8. The molecule has 31 heavy (non-hydrogen) atoms. The Morgan fingerprint density at radius 2 is 1.55 bits per heavy atom. The first-order valence-electron chi connectivity index (χ1n) is 10.4. The van der Waals surface area contributed by atoms with E-state index in [4.69, 9.17) is 9.29 Å². The van der Waals surface area contributed by atoms with Crippen LogP contribution in [0.1, 0.15) is 58.3 Å². The number of carbonyl (C=O) groups excluding carboxylic acids is 2. The zero-order chi connectivity index (χ0) is 23.2. The van der Waals surface area contributed by atoms with Gasteiger partial charge in [0.05, 0.1) is 0 Å². The maximum Gasteiger partial charge on any atom is 0.451 e. The van der Waals surface area contributed by atoms with Gasteiger partial charge in [-0.25, -0.2) is 14.0 Å². The summed E-state index contributed by atoms with van der Waals surface area (Å²) < 4.78 is 92.5. The third-order valence-corrected chi connectivity index (χ3v) is 8.16. The molecule has 0 saturated heterocycles. The first kappa shape index (κ1) is 24.2. The van der Waals surface area contributed by atoms with Crippen molar-refractivity contribution in [2.24, 2.45) is 23.7 Å². The van der Waals surface area contributed by atoms with Crippen molar-refractivity contribution in [1.29, 1.82) is 0 Å². The number of unbranched alkanes of at least 4 members (excludes halogenated alkanes) is 1. The topological polar surface area (TPSA) is 107 Å². The van der Waals surface area contributed by atoms with Crippen LogP contribution < -0.4 is 0 Å². The van der Waals surface area contributed by atoms with Gasteiger partial charge in [-0.2, -0.15) is 21.6 Å². The van der Waals surface area contributed by atoms with Crippen LogP contribution in [0.4, 0.5) is 17.6 Å². The Kier molecular flexibility index (Phi) is 6.38. The average molecular weight is 474 g/mol. The molecule has 0 aromatic heterocycles. The van der Waals surface area contributed by atoms with Gasteiger partial charge in [0.15, 0.2) is 6.61 Å². The van der Waals surface area contributed by atoms with Crippen LogP contribution in [0.15, 0.2) is 0 Å². The number of esters is 2. The highest BCUT2D eigenvalue weighted by Crippen LogP contribution is 2.61. The van der Waals surface area contributed by atoms with Gasteiger partial charge in [0, 0.05) is 0 Å². The lowest BCUT2D eigenvalue weighted by Gasteiger charge is -2.60. The minimum Gasteiger partial charge on any atom is -0.456 e. The molecule has 4 rings (SSSR count). The second kappa shape index (κ2) is 8.17. The molecule has 1 N–H and O–H groups in total. The molecular formula is C19H26F4O7S. The minimum atomic E-state index is -6.55. The van der Waals surface area contributed by atoms with Crippen molar-refractivity contribution in [2.75, 3.05) is 6.61 Å². The van der Waals surface area contributed by atoms with E-state index >= 15 is 0 Å². The monoisotopic (exact) mass is 474 g/mol. The maximum absolute atomic E-state index is 14.0. The summed E-state index contributed by atoms with van der Waals surface area (Å²) in [6.45, 7) is 0.580. The van der Waals surface area contributed by atoms with E-state index in [2.05, 4.69) is 4.74 Å². The molecule has 0 aromatic rings. The highest BCUT2D eigenvalue weighted by molar-refractivity contribution is 7.88. The van der Waals surface area contributed by atoms with E-state index in [1.165, 1.54) is 0 Å². The van der Waals surface area contributed by atoms with Gasteiger partial charge in [0.25, 0.3) is 0 Å². The SMILES string of the molecule is CCCCC1(OC(=O)COC(=O)C(F)(C(F)(F)F)S(=O)(=O)O)C2CC3CC(C2)CC1C3. The molecule has 1 atom stereocenters. The number of alkyl halides is 4. The zero-order valence-electron chi connectivity index (χ0n) is 17.0. The lowest BCUT2D eigenvalue weighted by atomic mass is 9.49. The molecule has 178 valence electrons. The van der Waals surface area contributed by atoms with E-state index in [9.17, 15) is 35.6 Å². The normalized spacial score (nSPS) is 34.3. The molecule has 1 unspecified atom stereocenters. The molecule has 0 amide bonds. The van der Waals surface area contributed by atoms with Crippen molar-refractivity contribution in [3.63, 3.8) is 0 Å². The number of rotatable bonds is 8. The van der Waals surface area contributed by atoms with Crippen LogP contribution in [-0.2, 0) is 29.2 Å². The van der Waals surface area contributed by atoms with Gasteiger partial charge < -0.3 is 9.47 Å². The predicted octanol–water partition coefficient (Wildman–Crippen LogP) is 3.57. The van der Waals surface area contributed by atoms with Gasteiger partial charge in [-0.05, 0) is 68.6 Å². The number of hydrogen-bond donors (Lipinski definition) is 1. The second-order valence-corrected chi connectivity index (χ2v) is 10.5. The quantitative estimate of drug-likeness (QED) is 0.326. The lowest BCUT2D eigenvalue weighted by Crippen LogP contribution is -2.60. The van der Waals surface area contributed by atoms with E-state index in [1.807, 2.05) is 6.92 Å². The van der Waals surface area contributed by atoms with Gasteiger partial charge >= 0.3 is 33.2 Å². The molecule has 4 aliphatic carbocycles. The van der Waals surface area contributed by atoms with E-state index < -0.39 is 45.4 Å². The summed E-state index contributed by atoms with van der Waals surface area (Å²) in [6.07, 6.45) is 0.549. The third-order valence-electron chi connectivity index (χ3n) is 7.05. The van der Waals surface area contributed by atoms with Crippen molar-refractivity contribution in [1.82, 2.24) is 0 Å². The highest BCUT2D eigenvalue weighted by atomic mass is 32.2. The summed E-state index contributed by atoms with van der Waals surface area (Å²) in [6, 6.07) is 0. The van der Waals surface area contributed by atoms with Crippen molar-refractivity contribution in [3.05, 3.63) is 0 Å². The lowest BCUT2D eigenvalue weighted by molar-refractivity contribution is -0.224. The van der Waals surface area contributed by atoms with Gasteiger partial charge in [-0.1, -0.05) is 13.3 Å². The van der Waals surface area contributed by atoms with Crippen LogP contribution in [0, 0.1) is 23.7 Å². The van der Waals surface area contributed by atoms with Gasteiger partial charge in [0.2, 0.25) is 0 Å². The average Bonchev–Trinajstić information content (AvgIpc) is 2.65. The number of ether oxygens (including phenoxy) is 2. The number of carbonyl (C=O) groups is 2. The summed E-state index contributed by atoms with van der Waals surface area (Å²) in [5, 5.41) is -5.69. The fourth-order valence-corrected chi connectivity index (χ4v) is 6.45. The van der Waals surface area contributed by atoms with E-state index in [0.717, 1.165) is 44.9 Å². The molecule has 4 fully saturated rings. The number of hydrogen-bond acceptors (Lipinski definition) is 6. The molecule has 0 aromatic carbocycles. The molecule has 4 bridgehead atoms. The Hall–Kier alpha value is -1.43. The molecule has 4 aliphatic rings. The van der Waals surface area contributed by atoms with Crippen LogP contribution >= 0.6 is 0 Å². The third kappa shape index (κ3) is 4.17. The summed E-state index contributed by atoms with van der Waals surface area (Å²) in [7, 11) is -6.55. The Labute approximate surface area is 177 Å². The van der Waals surface area contributed by atoms with Crippen LogP contribution in [-0.4, -0.2) is 48.3 Å². The van der Waals surface area contributed by atoms with Crippen LogP contribution in [0.2, 0.25) is 0 Å². The first-order chi connectivity index (χ1) is 14.2. The van der Waals surface area contributed by atoms with Gasteiger partial charge in [-0.3, -0.25) is 4.55 Å². The Bertz CT molecular complexity index is 798. The molecule has 4 saturated carbocycles. The summed E-state index contributed by atoms with van der Waals surface area (Å²) in [5.41, 5.74) is -0.813. The van der Waals surface area contributed by atoms with Gasteiger partial charge in [-0.15, -0.1) is 0 Å².